The van der Waals surface area contributed by atoms with Gasteiger partial charge in [0.05, 0.1) is 4.88 Å². The first kappa shape index (κ1) is 19.9. The Balaban J connectivity index is 1.57. The van der Waals surface area contributed by atoms with E-state index in [0.717, 1.165) is 12.8 Å². The lowest BCUT2D eigenvalue weighted by Crippen LogP contribution is -2.27. The molecular formula is C18H17ClN4O4S2. The number of sulfonamides is 1. The Hall–Kier alpha value is -2.43. The molecule has 1 fully saturated rings. The van der Waals surface area contributed by atoms with Crippen LogP contribution in [-0.4, -0.2) is 42.5 Å². The van der Waals surface area contributed by atoms with Gasteiger partial charge in [-0.25, -0.2) is 8.42 Å². The highest BCUT2D eigenvalue weighted by molar-refractivity contribution is 7.93. The van der Waals surface area contributed by atoms with Crippen LogP contribution in [0.2, 0.25) is 5.02 Å². The summed E-state index contributed by atoms with van der Waals surface area (Å²) in [6.45, 7) is 3.04. The van der Waals surface area contributed by atoms with Crippen LogP contribution in [-0.2, 0) is 10.0 Å². The molecule has 0 aliphatic carbocycles. The quantitative estimate of drug-likeness (QED) is 0.631. The molecule has 1 saturated heterocycles. The molecule has 1 aliphatic heterocycles. The van der Waals surface area contributed by atoms with Gasteiger partial charge in [0.2, 0.25) is 0 Å². The van der Waals surface area contributed by atoms with E-state index >= 15 is 0 Å². The van der Waals surface area contributed by atoms with Gasteiger partial charge in [0.15, 0.2) is 0 Å². The van der Waals surface area contributed by atoms with Crippen molar-refractivity contribution < 1.29 is 17.6 Å². The van der Waals surface area contributed by atoms with Crippen LogP contribution in [0.4, 0.5) is 5.69 Å². The summed E-state index contributed by atoms with van der Waals surface area (Å²) in [4.78, 5) is 15.2. The van der Waals surface area contributed by atoms with E-state index in [-0.39, 0.29) is 22.6 Å². The van der Waals surface area contributed by atoms with Gasteiger partial charge in [0.1, 0.15) is 4.90 Å². The molecule has 29 heavy (non-hydrogen) atoms. The number of halogens is 1. The molecule has 0 spiro atoms. The Labute approximate surface area is 176 Å². The van der Waals surface area contributed by atoms with Crippen LogP contribution < -0.4 is 4.72 Å². The molecule has 4 rings (SSSR count). The van der Waals surface area contributed by atoms with Crippen LogP contribution in [0.1, 0.15) is 28.4 Å². The van der Waals surface area contributed by atoms with Crippen molar-refractivity contribution in [2.45, 2.75) is 24.7 Å². The molecule has 1 N–H and O–H groups in total. The Kier molecular flexibility index (Phi) is 5.32. The predicted molar refractivity (Wildman–Crippen MR) is 110 cm³/mol. The van der Waals surface area contributed by atoms with Gasteiger partial charge < -0.3 is 9.32 Å². The summed E-state index contributed by atoms with van der Waals surface area (Å²) in [6.07, 6.45) is 1.91. The SMILES string of the molecule is Cc1sc(-c2nnc(C(=O)N3CCCC3)o2)cc1S(=O)(=O)Nc1ccc(Cl)cc1. The van der Waals surface area contributed by atoms with Crippen molar-refractivity contribution in [1.29, 1.82) is 0 Å². The third-order valence-electron chi connectivity index (χ3n) is 4.47. The standard InChI is InChI=1S/C18H17ClN4O4S2/c1-11-15(29(25,26)22-13-6-4-12(19)5-7-13)10-14(28-11)16-20-21-17(27-16)18(24)23-8-2-3-9-23/h4-7,10,22H,2-3,8-9H2,1H3. The molecule has 0 unspecified atom stereocenters. The molecule has 8 nitrogen and oxygen atoms in total. The number of carbonyl (C=O) groups excluding carboxylic acids is 1. The maximum atomic E-state index is 12.8. The van der Waals surface area contributed by atoms with Crippen LogP contribution in [0, 0.1) is 6.92 Å². The van der Waals surface area contributed by atoms with Crippen LogP contribution in [0.25, 0.3) is 10.8 Å². The number of thiophene rings is 1. The fourth-order valence-corrected chi connectivity index (χ4v) is 5.73. The molecular weight excluding hydrogens is 436 g/mol. The Bertz CT molecular complexity index is 1150. The summed E-state index contributed by atoms with van der Waals surface area (Å²) in [6, 6.07) is 7.83. The lowest BCUT2D eigenvalue weighted by atomic mass is 10.3. The lowest BCUT2D eigenvalue weighted by Gasteiger charge is -2.11. The minimum atomic E-state index is -3.81. The second-order valence-corrected chi connectivity index (χ2v) is 9.90. The number of amides is 1. The minimum absolute atomic E-state index is 0.0864. The van der Waals surface area contributed by atoms with Gasteiger partial charge in [0, 0.05) is 28.7 Å². The number of likely N-dealkylation sites (tertiary alicyclic amines) is 1. The number of hydrogen-bond acceptors (Lipinski definition) is 7. The highest BCUT2D eigenvalue weighted by Gasteiger charge is 2.27. The maximum Gasteiger partial charge on any atom is 0.311 e. The van der Waals surface area contributed by atoms with Gasteiger partial charge in [-0.1, -0.05) is 11.6 Å². The minimum Gasteiger partial charge on any atom is -0.411 e. The molecule has 2 aromatic heterocycles. The van der Waals surface area contributed by atoms with Crippen molar-refractivity contribution in [3.05, 3.63) is 46.1 Å². The highest BCUT2D eigenvalue weighted by Crippen LogP contribution is 2.34. The topological polar surface area (TPSA) is 105 Å². The van der Waals surface area contributed by atoms with E-state index < -0.39 is 10.0 Å². The monoisotopic (exact) mass is 452 g/mol. The van der Waals surface area contributed by atoms with E-state index in [1.54, 1.807) is 36.1 Å². The number of nitrogens with zero attached hydrogens (tertiary/aromatic N) is 3. The molecule has 1 amide bonds. The van der Waals surface area contributed by atoms with Crippen molar-refractivity contribution in [2.24, 2.45) is 0 Å². The van der Waals surface area contributed by atoms with E-state index in [1.807, 2.05) is 0 Å². The van der Waals surface area contributed by atoms with Gasteiger partial charge in [-0.2, -0.15) is 0 Å². The summed E-state index contributed by atoms with van der Waals surface area (Å²) in [5.41, 5.74) is 0.401. The van der Waals surface area contributed by atoms with Crippen molar-refractivity contribution >= 4 is 44.6 Å². The number of hydrogen-bond donors (Lipinski definition) is 1. The molecule has 152 valence electrons. The predicted octanol–water partition coefficient (Wildman–Crippen LogP) is 3.80. The first-order valence-electron chi connectivity index (χ1n) is 8.85. The summed E-state index contributed by atoms with van der Waals surface area (Å²) in [5, 5.41) is 8.27. The van der Waals surface area contributed by atoms with Crippen molar-refractivity contribution in [1.82, 2.24) is 15.1 Å². The first-order valence-corrected chi connectivity index (χ1v) is 11.5. The van der Waals surface area contributed by atoms with Gasteiger partial charge in [-0.05, 0) is 50.1 Å². The zero-order valence-corrected chi connectivity index (χ0v) is 17.8. The second-order valence-electron chi connectivity index (χ2n) is 6.56. The molecule has 1 aromatic carbocycles. The first-order chi connectivity index (χ1) is 13.8. The van der Waals surface area contributed by atoms with Crippen LogP contribution in [0.5, 0.6) is 0 Å². The summed E-state index contributed by atoms with van der Waals surface area (Å²) < 4.78 is 33.6. The van der Waals surface area contributed by atoms with Gasteiger partial charge >= 0.3 is 11.8 Å². The number of nitrogens with one attached hydrogen (secondary N) is 1. The van der Waals surface area contributed by atoms with E-state index in [2.05, 4.69) is 14.9 Å². The van der Waals surface area contributed by atoms with Crippen molar-refractivity contribution in [3.63, 3.8) is 0 Å². The van der Waals surface area contributed by atoms with Crippen LogP contribution in [0.15, 0.2) is 39.6 Å². The van der Waals surface area contributed by atoms with Gasteiger partial charge in [-0.15, -0.1) is 21.5 Å². The molecule has 3 heterocycles. The summed E-state index contributed by atoms with van der Waals surface area (Å²) in [7, 11) is -3.81. The molecule has 3 aromatic rings. The Morgan fingerprint density at radius 1 is 1.21 bits per heavy atom. The molecule has 1 aliphatic rings. The number of anilines is 1. The third kappa shape index (κ3) is 4.14. The number of benzene rings is 1. The second kappa shape index (κ2) is 7.77. The van der Waals surface area contributed by atoms with Gasteiger partial charge in [0.25, 0.3) is 15.9 Å². The zero-order valence-electron chi connectivity index (χ0n) is 15.4. The third-order valence-corrected chi connectivity index (χ3v) is 7.40. The van der Waals surface area contributed by atoms with Crippen molar-refractivity contribution in [2.75, 3.05) is 17.8 Å². The van der Waals surface area contributed by atoms with Crippen LogP contribution >= 0.6 is 22.9 Å². The van der Waals surface area contributed by atoms with Crippen LogP contribution in [0.3, 0.4) is 0 Å². The highest BCUT2D eigenvalue weighted by atomic mass is 35.5. The average Bonchev–Trinajstić information content (AvgIpc) is 3.43. The largest absolute Gasteiger partial charge is 0.411 e. The summed E-state index contributed by atoms with van der Waals surface area (Å²) in [5.74, 6) is -0.267. The van der Waals surface area contributed by atoms with E-state index in [0.29, 0.717) is 33.6 Å². The molecule has 0 radical (unpaired) electrons. The van der Waals surface area contributed by atoms with E-state index in [9.17, 15) is 13.2 Å². The molecule has 0 saturated carbocycles. The molecule has 0 atom stereocenters. The molecule has 11 heteroatoms. The molecule has 0 bridgehead atoms. The normalized spacial score (nSPS) is 14.3. The van der Waals surface area contributed by atoms with E-state index in [4.69, 9.17) is 16.0 Å². The smallest absolute Gasteiger partial charge is 0.311 e. The number of aromatic nitrogens is 2. The fourth-order valence-electron chi connectivity index (χ4n) is 3.03. The average molecular weight is 453 g/mol. The van der Waals surface area contributed by atoms with Crippen molar-refractivity contribution in [3.8, 4) is 10.8 Å². The number of aryl methyl sites for hydroxylation is 1. The maximum absolute atomic E-state index is 12.8. The Morgan fingerprint density at radius 3 is 2.59 bits per heavy atom. The number of rotatable bonds is 5. The van der Waals surface area contributed by atoms with Gasteiger partial charge in [-0.3, -0.25) is 9.52 Å². The zero-order chi connectivity index (χ0) is 20.6. The summed E-state index contributed by atoms with van der Waals surface area (Å²) >= 11 is 7.04. The fraction of sp³-hybridized carbons (Fsp3) is 0.278. The van der Waals surface area contributed by atoms with E-state index in [1.165, 1.54) is 17.4 Å². The lowest BCUT2D eigenvalue weighted by molar-refractivity contribution is 0.0754. The Morgan fingerprint density at radius 2 is 1.90 bits per heavy atom. The number of carbonyl (C=O) groups is 1.